The van der Waals surface area contributed by atoms with Gasteiger partial charge in [-0.25, -0.2) is 0 Å². The predicted octanol–water partition coefficient (Wildman–Crippen LogP) is 4.74. The fourth-order valence-electron chi connectivity index (χ4n) is 2.45. The van der Waals surface area contributed by atoms with E-state index in [9.17, 15) is 4.79 Å². The molecule has 0 aliphatic heterocycles. The van der Waals surface area contributed by atoms with Crippen LogP contribution >= 0.6 is 23.2 Å². The summed E-state index contributed by atoms with van der Waals surface area (Å²) in [6.45, 7) is 0.455. The lowest BCUT2D eigenvalue weighted by Gasteiger charge is -2.03. The number of furan rings is 1. The highest BCUT2D eigenvalue weighted by Crippen LogP contribution is 2.24. The van der Waals surface area contributed by atoms with Crippen LogP contribution in [0.3, 0.4) is 0 Å². The Hall–Kier alpha value is -3.03. The number of nitrogens with zero attached hydrogens (tertiary/aromatic N) is 3. The van der Waals surface area contributed by atoms with Crippen LogP contribution in [0.15, 0.2) is 64.0 Å². The van der Waals surface area contributed by atoms with E-state index < -0.39 is 0 Å². The van der Waals surface area contributed by atoms with E-state index in [-0.39, 0.29) is 11.7 Å². The first kappa shape index (κ1) is 17.4. The first-order valence-electron chi connectivity index (χ1n) is 7.87. The summed E-state index contributed by atoms with van der Waals surface area (Å²) >= 11 is 11.9. The van der Waals surface area contributed by atoms with E-state index in [1.165, 1.54) is 12.5 Å². The lowest BCUT2D eigenvalue weighted by atomic mass is 10.2. The van der Waals surface area contributed by atoms with Crippen LogP contribution in [0, 0.1) is 0 Å². The molecule has 3 aromatic heterocycles. The number of hydrogen-bond donors (Lipinski definition) is 1. The number of anilines is 1. The highest BCUT2D eigenvalue weighted by atomic mass is 35.5. The standard InChI is InChI=1S/C18H12Cl2N4O3/c19-13-4-3-11(6-14(13)20)9-24-10-12(8-21-24)18(25)22-17-7-16(27-23-17)15-2-1-5-26-15/h1-8,10H,9H2,(H,22,23,25). The summed E-state index contributed by atoms with van der Waals surface area (Å²) in [6, 6.07) is 10.4. The molecule has 27 heavy (non-hydrogen) atoms. The third-order valence-corrected chi connectivity index (χ3v) is 4.48. The van der Waals surface area contributed by atoms with Gasteiger partial charge in [-0.3, -0.25) is 9.48 Å². The minimum absolute atomic E-state index is 0.281. The van der Waals surface area contributed by atoms with Crippen LogP contribution in [0.4, 0.5) is 5.82 Å². The summed E-state index contributed by atoms with van der Waals surface area (Å²) in [4.78, 5) is 12.4. The molecule has 0 saturated heterocycles. The van der Waals surface area contributed by atoms with Crippen molar-refractivity contribution in [1.29, 1.82) is 0 Å². The first-order chi connectivity index (χ1) is 13.1. The molecule has 9 heteroatoms. The number of hydrogen-bond acceptors (Lipinski definition) is 5. The minimum Gasteiger partial charge on any atom is -0.461 e. The molecular weight excluding hydrogens is 391 g/mol. The van der Waals surface area contributed by atoms with Gasteiger partial charge in [0.2, 0.25) is 5.76 Å². The summed E-state index contributed by atoms with van der Waals surface area (Å²) in [5.41, 5.74) is 1.30. The van der Waals surface area contributed by atoms with Crippen molar-refractivity contribution in [2.75, 3.05) is 5.32 Å². The highest BCUT2D eigenvalue weighted by Gasteiger charge is 2.14. The second-order valence-corrected chi connectivity index (χ2v) is 6.50. The van der Waals surface area contributed by atoms with E-state index in [4.69, 9.17) is 32.1 Å². The van der Waals surface area contributed by atoms with E-state index in [1.807, 2.05) is 6.07 Å². The van der Waals surface area contributed by atoms with Gasteiger partial charge in [0.25, 0.3) is 5.91 Å². The number of halogens is 2. The Balaban J connectivity index is 1.43. The van der Waals surface area contributed by atoms with Gasteiger partial charge in [0, 0.05) is 12.3 Å². The fraction of sp³-hybridized carbons (Fsp3) is 0.0556. The van der Waals surface area contributed by atoms with Gasteiger partial charge < -0.3 is 14.3 Å². The zero-order valence-electron chi connectivity index (χ0n) is 13.7. The van der Waals surface area contributed by atoms with Gasteiger partial charge in [-0.1, -0.05) is 34.4 Å². The molecule has 0 radical (unpaired) electrons. The van der Waals surface area contributed by atoms with Crippen molar-refractivity contribution in [3.05, 3.63) is 76.2 Å². The van der Waals surface area contributed by atoms with Crippen LogP contribution in [0.5, 0.6) is 0 Å². The van der Waals surface area contributed by atoms with E-state index in [0.717, 1.165) is 5.56 Å². The number of nitrogens with one attached hydrogen (secondary N) is 1. The molecule has 0 aliphatic rings. The van der Waals surface area contributed by atoms with Crippen LogP contribution in [0.25, 0.3) is 11.5 Å². The zero-order chi connectivity index (χ0) is 18.8. The number of amides is 1. The molecule has 1 aromatic carbocycles. The lowest BCUT2D eigenvalue weighted by molar-refractivity contribution is 0.102. The van der Waals surface area contributed by atoms with Crippen molar-refractivity contribution in [3.8, 4) is 11.5 Å². The van der Waals surface area contributed by atoms with Gasteiger partial charge in [-0.2, -0.15) is 5.10 Å². The monoisotopic (exact) mass is 402 g/mol. The Bertz CT molecular complexity index is 1090. The third-order valence-electron chi connectivity index (χ3n) is 3.74. The van der Waals surface area contributed by atoms with Crippen LogP contribution in [0.1, 0.15) is 15.9 Å². The van der Waals surface area contributed by atoms with Gasteiger partial charge >= 0.3 is 0 Å². The maximum atomic E-state index is 12.4. The lowest BCUT2D eigenvalue weighted by Crippen LogP contribution is -2.11. The van der Waals surface area contributed by atoms with Crippen molar-refractivity contribution >= 4 is 34.9 Å². The maximum Gasteiger partial charge on any atom is 0.260 e. The first-order valence-corrected chi connectivity index (χ1v) is 8.62. The van der Waals surface area contributed by atoms with E-state index in [1.54, 1.807) is 41.2 Å². The Morgan fingerprint density at radius 3 is 2.81 bits per heavy atom. The van der Waals surface area contributed by atoms with Crippen molar-refractivity contribution in [3.63, 3.8) is 0 Å². The van der Waals surface area contributed by atoms with Crippen LogP contribution in [0.2, 0.25) is 10.0 Å². The van der Waals surface area contributed by atoms with Crippen LogP contribution < -0.4 is 5.32 Å². The number of aromatic nitrogens is 3. The number of rotatable bonds is 5. The average Bonchev–Trinajstić information content (AvgIpc) is 3.39. The quantitative estimate of drug-likeness (QED) is 0.520. The Labute approximate surface area is 163 Å². The maximum absolute atomic E-state index is 12.4. The van der Waals surface area contributed by atoms with Gasteiger partial charge in [-0.15, -0.1) is 0 Å². The Morgan fingerprint density at radius 2 is 2.04 bits per heavy atom. The van der Waals surface area contributed by atoms with E-state index >= 15 is 0 Å². The molecule has 0 bridgehead atoms. The fourth-order valence-corrected chi connectivity index (χ4v) is 2.77. The molecule has 0 fully saturated rings. The largest absolute Gasteiger partial charge is 0.461 e. The highest BCUT2D eigenvalue weighted by molar-refractivity contribution is 6.42. The third kappa shape index (κ3) is 3.89. The van der Waals surface area contributed by atoms with Gasteiger partial charge in [0.05, 0.1) is 34.6 Å². The van der Waals surface area contributed by atoms with Crippen LogP contribution in [-0.2, 0) is 6.54 Å². The van der Waals surface area contributed by atoms with E-state index in [0.29, 0.717) is 33.7 Å². The van der Waals surface area contributed by atoms with Crippen LogP contribution in [-0.4, -0.2) is 20.8 Å². The van der Waals surface area contributed by atoms with Crippen molar-refractivity contribution in [1.82, 2.24) is 14.9 Å². The molecule has 1 N–H and O–H groups in total. The predicted molar refractivity (Wildman–Crippen MR) is 99.9 cm³/mol. The molecule has 0 saturated carbocycles. The molecule has 3 heterocycles. The molecule has 7 nitrogen and oxygen atoms in total. The number of benzene rings is 1. The van der Waals surface area contributed by atoms with Crippen molar-refractivity contribution < 1.29 is 13.7 Å². The van der Waals surface area contributed by atoms with Gasteiger partial charge in [-0.05, 0) is 29.8 Å². The topological polar surface area (TPSA) is 86.1 Å². The summed E-state index contributed by atoms with van der Waals surface area (Å²) in [5.74, 6) is 0.876. The molecule has 0 atom stereocenters. The second-order valence-electron chi connectivity index (χ2n) is 5.68. The van der Waals surface area contributed by atoms with Gasteiger partial charge in [0.15, 0.2) is 11.6 Å². The zero-order valence-corrected chi connectivity index (χ0v) is 15.2. The number of carbonyl (C=O) groups excluding carboxylic acids is 1. The Kier molecular flexibility index (Phi) is 4.70. The summed E-state index contributed by atoms with van der Waals surface area (Å²) in [6.07, 6.45) is 4.63. The summed E-state index contributed by atoms with van der Waals surface area (Å²) < 4.78 is 12.0. The van der Waals surface area contributed by atoms with Crippen molar-refractivity contribution in [2.24, 2.45) is 0 Å². The molecule has 0 aliphatic carbocycles. The molecule has 0 unspecified atom stereocenters. The second kappa shape index (κ2) is 7.30. The average molecular weight is 403 g/mol. The minimum atomic E-state index is -0.352. The molecule has 0 spiro atoms. The summed E-state index contributed by atoms with van der Waals surface area (Å²) in [5, 5.41) is 11.6. The Morgan fingerprint density at radius 1 is 1.15 bits per heavy atom. The SMILES string of the molecule is O=C(Nc1cc(-c2ccco2)on1)c1cnn(Cc2ccc(Cl)c(Cl)c2)c1. The summed E-state index contributed by atoms with van der Waals surface area (Å²) in [7, 11) is 0. The normalized spacial score (nSPS) is 10.9. The molecular formula is C18H12Cl2N4O3. The molecule has 1 amide bonds. The molecule has 4 aromatic rings. The smallest absolute Gasteiger partial charge is 0.260 e. The molecule has 136 valence electrons. The van der Waals surface area contributed by atoms with Gasteiger partial charge in [0.1, 0.15) is 0 Å². The molecule has 4 rings (SSSR count). The number of carbonyl (C=O) groups is 1. The van der Waals surface area contributed by atoms with E-state index in [2.05, 4.69) is 15.6 Å². The van der Waals surface area contributed by atoms with Crippen molar-refractivity contribution in [2.45, 2.75) is 6.54 Å².